The smallest absolute Gasteiger partial charge is 0.220 e. The summed E-state index contributed by atoms with van der Waals surface area (Å²) in [5.74, 6) is -0.289. The molecule has 0 aromatic heterocycles. The van der Waals surface area contributed by atoms with Gasteiger partial charge in [-0.1, -0.05) is 83.1 Å². The van der Waals surface area contributed by atoms with Gasteiger partial charge in [0.25, 0.3) is 0 Å². The molecule has 0 aromatic rings. The maximum Gasteiger partial charge on any atom is 0.220 e. The van der Waals surface area contributed by atoms with Crippen molar-refractivity contribution in [3.63, 3.8) is 0 Å². The fourth-order valence-electron chi connectivity index (χ4n) is 5.75. The van der Waals surface area contributed by atoms with Crippen LogP contribution in [0.2, 0.25) is 0 Å². The lowest BCUT2D eigenvalue weighted by Gasteiger charge is -2.46. The fraction of sp³-hybridized carbons (Fsp3) is 0.857. The molecule has 2 aliphatic rings. The Bertz CT molecular complexity index is 935. The molecule has 0 radical (unpaired) electrons. The van der Waals surface area contributed by atoms with Crippen molar-refractivity contribution < 1.29 is 64.6 Å². The summed E-state index contributed by atoms with van der Waals surface area (Å²) in [5, 5.41) is 85.3. The SMILES string of the molecule is CCCCCCCCC/C=C/CC/C=C/C(O)C(COC1OC(CO)C(OC2OC(CO)C(O)C(O)C2O)C(O)C1O)NC(=O)CCCC. The quantitative estimate of drug-likeness (QED) is 0.0498. The van der Waals surface area contributed by atoms with E-state index in [0.717, 1.165) is 19.3 Å². The van der Waals surface area contributed by atoms with E-state index >= 15 is 0 Å². The summed E-state index contributed by atoms with van der Waals surface area (Å²) in [7, 11) is 0. The fourth-order valence-corrected chi connectivity index (χ4v) is 5.75. The van der Waals surface area contributed by atoms with Gasteiger partial charge in [0.1, 0.15) is 48.8 Å². The van der Waals surface area contributed by atoms with E-state index in [2.05, 4.69) is 24.4 Å². The molecule has 14 heteroatoms. The maximum atomic E-state index is 12.6. The highest BCUT2D eigenvalue weighted by atomic mass is 16.7. The van der Waals surface area contributed by atoms with Gasteiger partial charge in [0.05, 0.1) is 32.0 Å². The topological polar surface area (TPSA) is 228 Å². The minimum atomic E-state index is -1.78. The third kappa shape index (κ3) is 14.9. The highest BCUT2D eigenvalue weighted by Gasteiger charge is 2.50. The van der Waals surface area contributed by atoms with Crippen LogP contribution in [-0.2, 0) is 23.7 Å². The van der Waals surface area contributed by atoms with Gasteiger partial charge in [-0.2, -0.15) is 0 Å². The zero-order valence-electron chi connectivity index (χ0n) is 29.2. The van der Waals surface area contributed by atoms with Crippen molar-refractivity contribution in [1.29, 1.82) is 0 Å². The molecule has 12 unspecified atom stereocenters. The summed E-state index contributed by atoms with van der Waals surface area (Å²) in [6.45, 7) is 2.43. The predicted molar refractivity (Wildman–Crippen MR) is 180 cm³/mol. The van der Waals surface area contributed by atoms with Gasteiger partial charge >= 0.3 is 0 Å². The number of hydrogen-bond acceptors (Lipinski definition) is 13. The Morgan fingerprint density at radius 2 is 1.31 bits per heavy atom. The average molecular weight is 706 g/mol. The molecule has 0 saturated carbocycles. The van der Waals surface area contributed by atoms with Crippen LogP contribution >= 0.6 is 0 Å². The van der Waals surface area contributed by atoms with Crippen molar-refractivity contribution in [1.82, 2.24) is 5.32 Å². The van der Waals surface area contributed by atoms with E-state index in [1.54, 1.807) is 6.08 Å². The van der Waals surface area contributed by atoms with Crippen LogP contribution in [0.3, 0.4) is 0 Å². The molecule has 0 spiro atoms. The lowest BCUT2D eigenvalue weighted by molar-refractivity contribution is -0.359. The lowest BCUT2D eigenvalue weighted by atomic mass is 9.97. The van der Waals surface area contributed by atoms with Gasteiger partial charge in [0.2, 0.25) is 5.91 Å². The van der Waals surface area contributed by atoms with E-state index < -0.39 is 86.8 Å². The number of amides is 1. The molecule has 2 saturated heterocycles. The van der Waals surface area contributed by atoms with Crippen molar-refractivity contribution in [2.45, 2.75) is 171 Å². The summed E-state index contributed by atoms with van der Waals surface area (Å²) < 4.78 is 22.3. The number of ether oxygens (including phenoxy) is 4. The molecule has 2 fully saturated rings. The number of unbranched alkanes of at least 4 members (excludes halogenated alkanes) is 9. The van der Waals surface area contributed by atoms with Gasteiger partial charge in [0.15, 0.2) is 12.6 Å². The molecule has 0 bridgehead atoms. The summed E-state index contributed by atoms with van der Waals surface area (Å²) in [5.41, 5.74) is 0. The van der Waals surface area contributed by atoms with Crippen molar-refractivity contribution in [3.05, 3.63) is 24.3 Å². The van der Waals surface area contributed by atoms with E-state index in [-0.39, 0.29) is 18.9 Å². The number of carbonyl (C=O) groups excluding carboxylic acids is 1. The number of carbonyl (C=O) groups is 1. The molecule has 14 nitrogen and oxygen atoms in total. The highest BCUT2D eigenvalue weighted by molar-refractivity contribution is 5.76. The molecule has 0 aromatic carbocycles. The molecule has 1 amide bonds. The highest BCUT2D eigenvalue weighted by Crippen LogP contribution is 2.29. The molecule has 9 N–H and O–H groups in total. The number of nitrogens with one attached hydrogen (secondary N) is 1. The summed E-state index contributed by atoms with van der Waals surface area (Å²) in [6, 6.07) is -0.919. The second-order valence-electron chi connectivity index (χ2n) is 13.0. The van der Waals surface area contributed by atoms with Crippen LogP contribution in [0.1, 0.15) is 97.3 Å². The number of rotatable bonds is 24. The lowest BCUT2D eigenvalue weighted by Crippen LogP contribution is -2.65. The molecular weight excluding hydrogens is 642 g/mol. The van der Waals surface area contributed by atoms with Crippen LogP contribution in [0.25, 0.3) is 0 Å². The summed E-state index contributed by atoms with van der Waals surface area (Å²) >= 11 is 0. The minimum absolute atomic E-state index is 0.248. The molecule has 286 valence electrons. The van der Waals surface area contributed by atoms with Crippen LogP contribution in [0.5, 0.6) is 0 Å². The van der Waals surface area contributed by atoms with Crippen LogP contribution in [-0.4, -0.2) is 140 Å². The van der Waals surface area contributed by atoms with Gasteiger partial charge < -0.3 is 65.1 Å². The Morgan fingerprint density at radius 1 is 0.714 bits per heavy atom. The van der Waals surface area contributed by atoms with Gasteiger partial charge in [0, 0.05) is 6.42 Å². The molecule has 2 heterocycles. The second kappa shape index (κ2) is 24.6. The van der Waals surface area contributed by atoms with E-state index in [1.807, 2.05) is 13.0 Å². The van der Waals surface area contributed by atoms with Crippen molar-refractivity contribution in [2.75, 3.05) is 19.8 Å². The van der Waals surface area contributed by atoms with Crippen molar-refractivity contribution in [2.24, 2.45) is 0 Å². The van der Waals surface area contributed by atoms with Crippen LogP contribution in [0.15, 0.2) is 24.3 Å². The summed E-state index contributed by atoms with van der Waals surface area (Å²) in [4.78, 5) is 12.6. The van der Waals surface area contributed by atoms with E-state index in [9.17, 15) is 45.6 Å². The first-order valence-corrected chi connectivity index (χ1v) is 18.1. The van der Waals surface area contributed by atoms with E-state index in [0.29, 0.717) is 12.8 Å². The first kappa shape index (κ1) is 43.6. The number of aliphatic hydroxyl groups excluding tert-OH is 8. The Labute approximate surface area is 290 Å². The van der Waals surface area contributed by atoms with Crippen LogP contribution < -0.4 is 5.32 Å². The van der Waals surface area contributed by atoms with Crippen LogP contribution in [0, 0.1) is 0 Å². The normalized spacial score (nSPS) is 32.1. The molecule has 2 aliphatic heterocycles. The first-order chi connectivity index (χ1) is 23.6. The van der Waals surface area contributed by atoms with E-state index in [1.165, 1.54) is 44.9 Å². The van der Waals surface area contributed by atoms with Gasteiger partial charge in [-0.15, -0.1) is 0 Å². The molecule has 0 aliphatic carbocycles. The van der Waals surface area contributed by atoms with Crippen molar-refractivity contribution in [3.8, 4) is 0 Å². The zero-order chi connectivity index (χ0) is 36.2. The average Bonchev–Trinajstić information content (AvgIpc) is 3.10. The number of aliphatic hydroxyl groups is 8. The third-order valence-corrected chi connectivity index (χ3v) is 8.89. The second-order valence-corrected chi connectivity index (χ2v) is 13.0. The van der Waals surface area contributed by atoms with Crippen molar-refractivity contribution >= 4 is 5.91 Å². The van der Waals surface area contributed by atoms with Gasteiger partial charge in [-0.3, -0.25) is 4.79 Å². The molecule has 12 atom stereocenters. The molecule has 2 rings (SSSR count). The standard InChI is InChI=1S/C35H63NO13/c1-3-5-7-8-9-10-11-12-13-14-15-16-17-18-24(39)23(36-27(40)19-6-4-2)22-46-34-32(45)30(43)33(26(21-38)48-34)49-35-31(44)29(42)28(41)25(20-37)47-35/h13-14,17-18,23-26,28-35,37-39,41-45H,3-12,15-16,19-22H2,1-2H3,(H,36,40)/b14-13+,18-17+. The Hall–Kier alpha value is -1.53. The first-order valence-electron chi connectivity index (χ1n) is 18.1. The summed E-state index contributed by atoms with van der Waals surface area (Å²) in [6.07, 6.45) is 3.83. The Morgan fingerprint density at radius 3 is 1.98 bits per heavy atom. The Kier molecular flexibility index (Phi) is 21.9. The molecule has 49 heavy (non-hydrogen) atoms. The monoisotopic (exact) mass is 705 g/mol. The van der Waals surface area contributed by atoms with Gasteiger partial charge in [-0.25, -0.2) is 0 Å². The van der Waals surface area contributed by atoms with Gasteiger partial charge in [-0.05, 0) is 32.1 Å². The predicted octanol–water partition coefficient (Wildman–Crippen LogP) is 0.696. The Balaban J connectivity index is 1.93. The largest absolute Gasteiger partial charge is 0.394 e. The van der Waals surface area contributed by atoms with Crippen LogP contribution in [0.4, 0.5) is 0 Å². The third-order valence-electron chi connectivity index (χ3n) is 8.89. The van der Waals surface area contributed by atoms with E-state index in [4.69, 9.17) is 18.9 Å². The zero-order valence-corrected chi connectivity index (χ0v) is 29.2. The molecular formula is C35H63NO13. The number of allylic oxidation sites excluding steroid dienone is 3. The maximum absolute atomic E-state index is 12.6. The number of hydrogen-bond donors (Lipinski definition) is 9. The minimum Gasteiger partial charge on any atom is -0.394 e.